The van der Waals surface area contributed by atoms with E-state index in [2.05, 4.69) is 34.6 Å². The third-order valence-corrected chi connectivity index (χ3v) is 8.17. The molecule has 1 aromatic carbocycles. The first-order valence-corrected chi connectivity index (χ1v) is 12.2. The van der Waals surface area contributed by atoms with Gasteiger partial charge in [-0.2, -0.15) is 0 Å². The van der Waals surface area contributed by atoms with E-state index in [1.54, 1.807) is 0 Å². The maximum atomic E-state index is 13.9. The second-order valence-electron chi connectivity index (χ2n) is 9.45. The van der Waals surface area contributed by atoms with Gasteiger partial charge in [0, 0.05) is 17.9 Å². The minimum absolute atomic E-state index is 0.0793. The number of hydrogen-bond donors (Lipinski definition) is 0. The highest BCUT2D eigenvalue weighted by Gasteiger charge is 2.35. The lowest BCUT2D eigenvalue weighted by molar-refractivity contribution is 0.107. The number of rotatable bonds is 9. The van der Waals surface area contributed by atoms with Crippen molar-refractivity contribution in [3.05, 3.63) is 34.4 Å². The fraction of sp³-hybridized carbons (Fsp3) is 0.696. The maximum absolute atomic E-state index is 13.9. The minimum Gasteiger partial charge on any atom is -0.315 e. The first-order chi connectivity index (χ1) is 11.9. The molecule has 0 saturated heterocycles. The molecule has 3 heteroatoms. The molecule has 0 aliphatic rings. The molecule has 0 aromatic heterocycles. The van der Waals surface area contributed by atoms with Gasteiger partial charge in [0.1, 0.15) is 0 Å². The largest absolute Gasteiger partial charge is 0.315 e. The van der Waals surface area contributed by atoms with E-state index in [4.69, 9.17) is 0 Å². The molecule has 0 amide bonds. The van der Waals surface area contributed by atoms with Crippen LogP contribution in [-0.4, -0.2) is 17.8 Å². The summed E-state index contributed by atoms with van der Waals surface area (Å²) >= 11 is 0. The van der Waals surface area contributed by atoms with Crippen LogP contribution in [0.4, 0.5) is 0 Å². The van der Waals surface area contributed by atoms with Gasteiger partial charge in [0.2, 0.25) is 5.52 Å². The Morgan fingerprint density at radius 1 is 1.08 bits per heavy atom. The minimum atomic E-state index is -2.91. The Labute approximate surface area is 161 Å². The third-order valence-electron chi connectivity index (χ3n) is 4.95. The first-order valence-electron chi connectivity index (χ1n) is 10.1. The third kappa shape index (κ3) is 6.69. The number of benzene rings is 1. The Bertz CT molecular complexity index is 644. The summed E-state index contributed by atoms with van der Waals surface area (Å²) in [6, 6.07) is 4.07. The van der Waals surface area contributed by atoms with Crippen molar-refractivity contribution in [1.29, 1.82) is 0 Å². The Morgan fingerprint density at radius 3 is 2.08 bits per heavy atom. The van der Waals surface area contributed by atoms with Crippen LogP contribution in [0.2, 0.25) is 0 Å². The summed E-state index contributed by atoms with van der Waals surface area (Å²) in [4.78, 5) is 13.5. The quantitative estimate of drug-likeness (QED) is 0.332. The summed E-state index contributed by atoms with van der Waals surface area (Å²) in [5.41, 5.74) is 3.89. The standard InChI is InChI=1S/C23H39O2P/c1-9-10-11-12-26(25,16-18(3)15-23(6,7)8)22(24)21-19(4)13-17(2)14-20(21)5/h13-14,18H,9-12,15-16H2,1-8H3. The highest BCUT2D eigenvalue weighted by atomic mass is 31.2. The Hall–Kier alpha value is -0.880. The van der Waals surface area contributed by atoms with Crippen molar-refractivity contribution < 1.29 is 9.36 Å². The highest BCUT2D eigenvalue weighted by molar-refractivity contribution is 7.81. The van der Waals surface area contributed by atoms with E-state index in [0.29, 0.717) is 17.9 Å². The van der Waals surface area contributed by atoms with Gasteiger partial charge in [-0.1, -0.05) is 65.2 Å². The van der Waals surface area contributed by atoms with Crippen LogP contribution in [0.1, 0.15) is 87.4 Å². The fourth-order valence-electron chi connectivity index (χ4n) is 4.23. The second-order valence-corrected chi connectivity index (χ2v) is 12.4. The van der Waals surface area contributed by atoms with Crippen molar-refractivity contribution in [2.24, 2.45) is 11.3 Å². The number of carbonyl (C=O) groups is 1. The average molecular weight is 379 g/mol. The number of unbranched alkanes of at least 4 members (excludes halogenated alkanes) is 2. The molecule has 0 heterocycles. The van der Waals surface area contributed by atoms with Crippen LogP contribution >= 0.6 is 7.14 Å². The monoisotopic (exact) mass is 378 g/mol. The Balaban J connectivity index is 3.20. The van der Waals surface area contributed by atoms with Gasteiger partial charge in [0.05, 0.1) is 0 Å². The lowest BCUT2D eigenvalue weighted by Crippen LogP contribution is -2.19. The van der Waals surface area contributed by atoms with E-state index in [1.807, 2.05) is 32.9 Å². The van der Waals surface area contributed by atoms with Crippen LogP contribution in [-0.2, 0) is 4.57 Å². The van der Waals surface area contributed by atoms with Crippen molar-refractivity contribution in [3.8, 4) is 0 Å². The number of carbonyl (C=O) groups excluding carboxylic acids is 1. The van der Waals surface area contributed by atoms with Gasteiger partial charge in [-0.25, -0.2) is 0 Å². The van der Waals surface area contributed by atoms with Gasteiger partial charge in [0.25, 0.3) is 0 Å². The van der Waals surface area contributed by atoms with Gasteiger partial charge in [-0.05, 0) is 56.1 Å². The molecule has 2 unspecified atom stereocenters. The number of hydrogen-bond acceptors (Lipinski definition) is 2. The summed E-state index contributed by atoms with van der Waals surface area (Å²) < 4.78 is 13.9. The molecule has 26 heavy (non-hydrogen) atoms. The molecule has 148 valence electrons. The van der Waals surface area contributed by atoms with Gasteiger partial charge in [-0.15, -0.1) is 0 Å². The first kappa shape index (κ1) is 23.2. The molecule has 1 aromatic rings. The van der Waals surface area contributed by atoms with E-state index in [1.165, 1.54) is 0 Å². The molecule has 2 nitrogen and oxygen atoms in total. The zero-order valence-electron chi connectivity index (χ0n) is 18.2. The van der Waals surface area contributed by atoms with E-state index < -0.39 is 7.14 Å². The molecule has 0 bridgehead atoms. The van der Waals surface area contributed by atoms with E-state index in [-0.39, 0.29) is 16.9 Å². The van der Waals surface area contributed by atoms with Crippen molar-refractivity contribution in [2.75, 3.05) is 12.3 Å². The van der Waals surface area contributed by atoms with Gasteiger partial charge < -0.3 is 4.57 Å². The van der Waals surface area contributed by atoms with Crippen molar-refractivity contribution in [3.63, 3.8) is 0 Å². The smallest absolute Gasteiger partial charge is 0.221 e. The second kappa shape index (κ2) is 9.36. The van der Waals surface area contributed by atoms with Crippen LogP contribution in [0.15, 0.2) is 12.1 Å². The van der Waals surface area contributed by atoms with E-state index in [0.717, 1.165) is 42.4 Å². The van der Waals surface area contributed by atoms with Crippen molar-refractivity contribution in [2.45, 2.75) is 81.1 Å². The van der Waals surface area contributed by atoms with E-state index >= 15 is 0 Å². The van der Waals surface area contributed by atoms with Crippen LogP contribution in [0, 0.1) is 32.1 Å². The molecule has 0 fully saturated rings. The molecule has 0 aliphatic carbocycles. The molecule has 0 spiro atoms. The summed E-state index contributed by atoms with van der Waals surface area (Å²) in [6.07, 6.45) is 5.08. The van der Waals surface area contributed by atoms with Crippen molar-refractivity contribution in [1.82, 2.24) is 0 Å². The maximum Gasteiger partial charge on any atom is 0.221 e. The van der Waals surface area contributed by atoms with Gasteiger partial charge in [0.15, 0.2) is 7.14 Å². The predicted octanol–water partition coefficient (Wildman–Crippen LogP) is 7.38. The molecule has 2 atom stereocenters. The molecule has 0 N–H and O–H groups in total. The zero-order valence-corrected chi connectivity index (χ0v) is 19.1. The van der Waals surface area contributed by atoms with Crippen LogP contribution < -0.4 is 0 Å². The number of aryl methyl sites for hydroxylation is 3. The lowest BCUT2D eigenvalue weighted by atomic mass is 9.86. The van der Waals surface area contributed by atoms with E-state index in [9.17, 15) is 9.36 Å². The molecule has 1 rings (SSSR count). The summed E-state index contributed by atoms with van der Waals surface area (Å²) in [7, 11) is -2.91. The Kier molecular flexibility index (Phi) is 8.33. The summed E-state index contributed by atoms with van der Waals surface area (Å²) in [5.74, 6) is 0.289. The SMILES string of the molecule is CCCCCP(=O)(CC(C)CC(C)(C)C)C(=O)c1c(C)cc(C)cc1C. The zero-order chi connectivity index (χ0) is 20.1. The average Bonchev–Trinajstić information content (AvgIpc) is 2.43. The molecular weight excluding hydrogens is 339 g/mol. The van der Waals surface area contributed by atoms with Crippen LogP contribution in [0.5, 0.6) is 0 Å². The Morgan fingerprint density at radius 2 is 1.62 bits per heavy atom. The topological polar surface area (TPSA) is 34.1 Å². The summed E-state index contributed by atoms with van der Waals surface area (Å²) in [6.45, 7) is 16.9. The molecule has 0 radical (unpaired) electrons. The predicted molar refractivity (Wildman–Crippen MR) is 115 cm³/mol. The lowest BCUT2D eigenvalue weighted by Gasteiger charge is -2.27. The molecule has 0 saturated carbocycles. The van der Waals surface area contributed by atoms with Crippen molar-refractivity contribution >= 4 is 12.7 Å². The van der Waals surface area contributed by atoms with Gasteiger partial charge in [-0.3, -0.25) is 4.79 Å². The molecular formula is C23H39O2P. The summed E-state index contributed by atoms with van der Waals surface area (Å²) in [5, 5.41) is 0. The van der Waals surface area contributed by atoms with Crippen LogP contribution in [0.3, 0.4) is 0 Å². The van der Waals surface area contributed by atoms with Crippen LogP contribution in [0.25, 0.3) is 0 Å². The normalized spacial score (nSPS) is 15.5. The fourth-order valence-corrected chi connectivity index (χ4v) is 7.41. The molecule has 0 aliphatic heterocycles. The highest BCUT2D eigenvalue weighted by Crippen LogP contribution is 2.53. The van der Waals surface area contributed by atoms with Gasteiger partial charge >= 0.3 is 0 Å².